The van der Waals surface area contributed by atoms with Crippen molar-refractivity contribution >= 4 is 28.2 Å². The second-order valence-corrected chi connectivity index (χ2v) is 12.9. The first-order chi connectivity index (χ1) is 23.2. The molecule has 16 atom stereocenters. The molecule has 3 saturated heterocycles. The Balaban J connectivity index is 1.99. The predicted octanol–water partition coefficient (Wildman–Crippen LogP) is -8.25. The van der Waals surface area contributed by atoms with Gasteiger partial charge in [-0.3, -0.25) is 14.1 Å². The topological polar surface area (TPSA) is 387 Å². The number of rotatable bonds is 14. The molecule has 24 nitrogen and oxygen atoms in total. The van der Waals surface area contributed by atoms with Gasteiger partial charge in [0.05, 0.1) is 32.0 Å². The highest BCUT2D eigenvalue weighted by molar-refractivity contribution is 7.80. The molecule has 50 heavy (non-hydrogen) atoms. The van der Waals surface area contributed by atoms with Gasteiger partial charge in [0.15, 0.2) is 12.6 Å². The highest BCUT2D eigenvalue weighted by atomic mass is 32.3. The summed E-state index contributed by atoms with van der Waals surface area (Å²) >= 11 is 0. The lowest BCUT2D eigenvalue weighted by molar-refractivity contribution is -0.380. The number of hydrogen-bond acceptors (Lipinski definition) is 20. The first kappa shape index (κ1) is 42.1. The van der Waals surface area contributed by atoms with Crippen molar-refractivity contribution in [1.82, 2.24) is 10.6 Å². The van der Waals surface area contributed by atoms with Crippen molar-refractivity contribution in [3.63, 3.8) is 0 Å². The van der Waals surface area contributed by atoms with Crippen molar-refractivity contribution < 1.29 is 106 Å². The minimum absolute atomic E-state index is 0.789. The van der Waals surface area contributed by atoms with E-state index in [-0.39, 0.29) is 0 Å². The number of aliphatic hydroxyl groups is 9. The maximum absolute atomic E-state index is 12.7. The molecule has 290 valence electrons. The first-order valence-corrected chi connectivity index (χ1v) is 16.2. The molecule has 3 aliphatic rings. The normalized spacial score (nSPS) is 40.8. The summed E-state index contributed by atoms with van der Waals surface area (Å²) in [5, 5.41) is 109. The number of amides is 2. The van der Waals surface area contributed by atoms with Crippen molar-refractivity contribution in [3.8, 4) is 0 Å². The molecule has 0 aromatic heterocycles. The Morgan fingerprint density at radius 1 is 0.900 bits per heavy atom. The maximum Gasteiger partial charge on any atom is 0.397 e. The molecule has 0 radical (unpaired) electrons. The van der Waals surface area contributed by atoms with Gasteiger partial charge in [0.25, 0.3) is 5.79 Å². The quantitative estimate of drug-likeness (QED) is 0.0732. The zero-order valence-electron chi connectivity index (χ0n) is 26.3. The molecular weight excluding hydrogens is 712 g/mol. The minimum Gasteiger partial charge on any atom is -0.477 e. The summed E-state index contributed by atoms with van der Waals surface area (Å²) < 4.78 is 62.5. The Morgan fingerprint density at radius 2 is 1.48 bits per heavy atom. The van der Waals surface area contributed by atoms with Crippen LogP contribution >= 0.6 is 0 Å². The zero-order chi connectivity index (χ0) is 37.9. The smallest absolute Gasteiger partial charge is 0.397 e. The summed E-state index contributed by atoms with van der Waals surface area (Å²) in [4.78, 5) is 36.4. The van der Waals surface area contributed by atoms with Crippen LogP contribution in [0.3, 0.4) is 0 Å². The van der Waals surface area contributed by atoms with E-state index < -0.39 is 152 Å². The van der Waals surface area contributed by atoms with Gasteiger partial charge in [0.2, 0.25) is 11.8 Å². The van der Waals surface area contributed by atoms with Gasteiger partial charge >= 0.3 is 16.4 Å². The van der Waals surface area contributed by atoms with Gasteiger partial charge in [0, 0.05) is 20.3 Å². The van der Waals surface area contributed by atoms with Crippen LogP contribution in [0.15, 0.2) is 0 Å². The molecule has 0 aromatic rings. The van der Waals surface area contributed by atoms with E-state index in [0.717, 1.165) is 13.8 Å². The Bertz CT molecular complexity index is 1290. The Kier molecular flexibility index (Phi) is 14.4. The number of aliphatic carboxylic acids is 1. The van der Waals surface area contributed by atoms with Crippen LogP contribution in [0.4, 0.5) is 0 Å². The first-order valence-electron chi connectivity index (χ1n) is 14.9. The van der Waals surface area contributed by atoms with E-state index in [1.807, 2.05) is 0 Å². The monoisotopic (exact) mass is 754 g/mol. The fourth-order valence-corrected chi connectivity index (χ4v) is 6.01. The number of carbonyl (C=O) groups excluding carboxylic acids is 2. The lowest BCUT2D eigenvalue weighted by Gasteiger charge is -2.50. The third-order valence-electron chi connectivity index (χ3n) is 8.07. The van der Waals surface area contributed by atoms with Crippen LogP contribution in [0.5, 0.6) is 0 Å². The van der Waals surface area contributed by atoms with Gasteiger partial charge in [0.1, 0.15) is 67.1 Å². The van der Waals surface area contributed by atoms with E-state index in [0.29, 0.717) is 0 Å². The highest BCUT2D eigenvalue weighted by Gasteiger charge is 2.60. The van der Waals surface area contributed by atoms with E-state index in [9.17, 15) is 73.9 Å². The summed E-state index contributed by atoms with van der Waals surface area (Å²) in [6.45, 7) is -1.27. The van der Waals surface area contributed by atoms with Gasteiger partial charge in [-0.15, -0.1) is 0 Å². The number of aliphatic hydroxyl groups excluding tert-OH is 9. The molecule has 25 heteroatoms. The fourth-order valence-electron chi connectivity index (χ4n) is 5.70. The minimum atomic E-state index is -5.09. The molecule has 0 aliphatic carbocycles. The number of nitrogens with one attached hydrogen (secondary N) is 2. The van der Waals surface area contributed by atoms with Gasteiger partial charge in [-0.05, 0) is 0 Å². The van der Waals surface area contributed by atoms with Crippen LogP contribution in [0, 0.1) is 0 Å². The maximum atomic E-state index is 12.7. The Morgan fingerprint density at radius 3 is 2.00 bits per heavy atom. The Hall–Kier alpha value is -2.28. The molecule has 0 bridgehead atoms. The highest BCUT2D eigenvalue weighted by Crippen LogP contribution is 2.38. The number of carboxylic acids is 1. The molecule has 0 unspecified atom stereocenters. The van der Waals surface area contributed by atoms with Crippen LogP contribution < -0.4 is 10.6 Å². The summed E-state index contributed by atoms with van der Waals surface area (Å²) in [5.74, 6) is -6.76. The number of carboxylic acid groups (broad SMARTS) is 1. The second-order valence-electron chi connectivity index (χ2n) is 11.8. The van der Waals surface area contributed by atoms with Crippen LogP contribution in [-0.2, 0) is 52.7 Å². The molecule has 3 aliphatic heterocycles. The van der Waals surface area contributed by atoms with Crippen LogP contribution in [-0.4, -0.2) is 199 Å². The number of hydrogen-bond donors (Lipinski definition) is 13. The van der Waals surface area contributed by atoms with Crippen LogP contribution in [0.2, 0.25) is 0 Å². The largest absolute Gasteiger partial charge is 0.477 e. The molecular formula is C25H42N2O22S. The number of carbonyl (C=O) groups is 3. The van der Waals surface area contributed by atoms with Crippen molar-refractivity contribution in [1.29, 1.82) is 0 Å². The second kappa shape index (κ2) is 17.0. The predicted molar refractivity (Wildman–Crippen MR) is 152 cm³/mol. The summed E-state index contributed by atoms with van der Waals surface area (Å²) in [6.07, 6.45) is -27.6. The average Bonchev–Trinajstić information content (AvgIpc) is 3.02. The molecule has 3 rings (SSSR count). The lowest BCUT2D eigenvalue weighted by atomic mass is 9.88. The number of ether oxygens (including phenoxy) is 5. The summed E-state index contributed by atoms with van der Waals surface area (Å²) in [5.41, 5.74) is 0. The van der Waals surface area contributed by atoms with E-state index in [2.05, 4.69) is 14.8 Å². The van der Waals surface area contributed by atoms with E-state index in [4.69, 9.17) is 28.2 Å². The van der Waals surface area contributed by atoms with E-state index >= 15 is 0 Å². The van der Waals surface area contributed by atoms with Crippen LogP contribution in [0.25, 0.3) is 0 Å². The molecule has 0 saturated carbocycles. The fraction of sp³-hybridized carbons (Fsp3) is 0.880. The third kappa shape index (κ3) is 9.77. The van der Waals surface area contributed by atoms with E-state index in [1.54, 1.807) is 0 Å². The van der Waals surface area contributed by atoms with Crippen LogP contribution in [0.1, 0.15) is 20.3 Å². The SMILES string of the molecule is CC(=O)N[C@@H]1[C@@H](O[C@@H]2O[C@H](CO)[C@H](O)[C@H](O[C@]3(C(=O)O)C[C@H](O)[C@@H](NC(C)=O)[C@H]([C@H](O)[C@H](O)CO)O3)[C@H]2O)[C@H](O)[C@@H](COS(=O)(=O)O)O[C@H]1O. The van der Waals surface area contributed by atoms with Crippen molar-refractivity contribution in [3.05, 3.63) is 0 Å². The lowest BCUT2D eigenvalue weighted by Crippen LogP contribution is -2.71. The van der Waals surface area contributed by atoms with Gasteiger partial charge in [-0.1, -0.05) is 0 Å². The molecule has 13 N–H and O–H groups in total. The standard InChI is InChI=1S/C25H42N2O22S/c1-7(30)26-13-9(32)3-25(24(39)40,48-20(13)15(34)10(33)4-28)49-21-16(35)11(5-29)46-23(18(21)37)47-19-14(27-8(2)31)22(38)45-12(17(19)36)6-44-50(41,42)43/h9-23,28-29,32-38H,3-6H2,1-2H3,(H,26,30)(H,27,31)(H,39,40)(H,41,42,43)/t9-,10+,11+,12+,13+,14+,15+,16-,17+,18+,19+,20+,21-,22+,23-,25-/m0/s1. The molecule has 3 heterocycles. The van der Waals surface area contributed by atoms with Crippen molar-refractivity contribution in [2.45, 2.75) is 118 Å². The molecule has 3 fully saturated rings. The average molecular weight is 755 g/mol. The van der Waals surface area contributed by atoms with Crippen molar-refractivity contribution in [2.75, 3.05) is 19.8 Å². The molecule has 2 amide bonds. The summed E-state index contributed by atoms with van der Waals surface area (Å²) in [7, 11) is -5.09. The van der Waals surface area contributed by atoms with Crippen molar-refractivity contribution in [2.24, 2.45) is 0 Å². The molecule has 0 spiro atoms. The van der Waals surface area contributed by atoms with E-state index in [1.165, 1.54) is 0 Å². The third-order valence-corrected chi connectivity index (χ3v) is 8.50. The van der Waals surface area contributed by atoms with Gasteiger partial charge in [-0.25, -0.2) is 8.98 Å². The molecule has 0 aromatic carbocycles. The Labute approximate surface area is 283 Å². The summed E-state index contributed by atoms with van der Waals surface area (Å²) in [6, 6.07) is -3.30. The van der Waals surface area contributed by atoms with Gasteiger partial charge in [-0.2, -0.15) is 8.42 Å². The van der Waals surface area contributed by atoms with Gasteiger partial charge < -0.3 is 85.4 Å². The zero-order valence-corrected chi connectivity index (χ0v) is 27.1.